The van der Waals surface area contributed by atoms with Crippen molar-refractivity contribution in [3.05, 3.63) is 35.4 Å². The molecule has 2 N–H and O–H groups in total. The molecule has 1 aromatic rings. The maximum Gasteiger partial charge on any atom is 0.191 e. The van der Waals surface area contributed by atoms with Crippen molar-refractivity contribution in [1.29, 1.82) is 0 Å². The molecule has 1 heterocycles. The zero-order valence-electron chi connectivity index (χ0n) is 15.6. The molecule has 0 aliphatic carbocycles. The summed E-state index contributed by atoms with van der Waals surface area (Å²) in [5.41, 5.74) is 2.53. The van der Waals surface area contributed by atoms with Crippen molar-refractivity contribution in [2.24, 2.45) is 4.99 Å². The predicted octanol–water partition coefficient (Wildman–Crippen LogP) is 2.37. The molecule has 1 aromatic carbocycles. The summed E-state index contributed by atoms with van der Waals surface area (Å²) < 4.78 is 5.84. The number of benzene rings is 1. The second-order valence-electron chi connectivity index (χ2n) is 6.96. The molecule has 134 valence electrons. The minimum absolute atomic E-state index is 0.0704. The quantitative estimate of drug-likeness (QED) is 0.594. The molecular weight excluding hydrogens is 300 g/mol. The maximum absolute atomic E-state index is 5.84. The number of nitrogens with zero attached hydrogens (tertiary/aromatic N) is 2. The number of aliphatic imine (C=N–C) groups is 1. The molecule has 2 rings (SSSR count). The number of nitrogens with one attached hydrogen (secondary N) is 2. The molecule has 5 nitrogen and oxygen atoms in total. The average molecular weight is 332 g/mol. The van der Waals surface area contributed by atoms with Crippen LogP contribution in [-0.4, -0.2) is 50.3 Å². The summed E-state index contributed by atoms with van der Waals surface area (Å²) in [4.78, 5) is 6.95. The van der Waals surface area contributed by atoms with Crippen LogP contribution in [0.15, 0.2) is 29.3 Å². The second kappa shape index (κ2) is 9.04. The molecule has 5 heteroatoms. The standard InChI is InChI=1S/C19H32N4O/c1-5-20-18(22-15-19(2)11-8-12-24-19)21-13-16-9-6-7-10-17(16)14-23(3)4/h6-7,9-10H,5,8,11-15H2,1-4H3,(H2,20,21,22). The van der Waals surface area contributed by atoms with Gasteiger partial charge in [0.15, 0.2) is 5.96 Å². The van der Waals surface area contributed by atoms with Gasteiger partial charge >= 0.3 is 0 Å². The fraction of sp³-hybridized carbons (Fsp3) is 0.632. The van der Waals surface area contributed by atoms with E-state index in [-0.39, 0.29) is 5.60 Å². The lowest BCUT2D eigenvalue weighted by atomic mass is 10.0. The van der Waals surface area contributed by atoms with Crippen LogP contribution in [0.2, 0.25) is 0 Å². The lowest BCUT2D eigenvalue weighted by Gasteiger charge is -2.24. The molecule has 1 atom stereocenters. The summed E-state index contributed by atoms with van der Waals surface area (Å²) in [6, 6.07) is 8.51. The van der Waals surface area contributed by atoms with Crippen molar-refractivity contribution in [3.8, 4) is 0 Å². The Morgan fingerprint density at radius 1 is 1.25 bits per heavy atom. The van der Waals surface area contributed by atoms with Crippen molar-refractivity contribution in [1.82, 2.24) is 15.5 Å². The minimum Gasteiger partial charge on any atom is -0.373 e. The highest BCUT2D eigenvalue weighted by Gasteiger charge is 2.29. The summed E-state index contributed by atoms with van der Waals surface area (Å²) in [5, 5.41) is 6.76. The molecule has 0 saturated carbocycles. The third kappa shape index (κ3) is 5.80. The molecule has 1 saturated heterocycles. The van der Waals surface area contributed by atoms with Gasteiger partial charge in [-0.3, -0.25) is 0 Å². The van der Waals surface area contributed by atoms with E-state index < -0.39 is 0 Å². The van der Waals surface area contributed by atoms with Crippen LogP contribution < -0.4 is 10.6 Å². The Balaban J connectivity index is 2.00. The third-order valence-electron chi connectivity index (χ3n) is 4.29. The normalized spacial score (nSPS) is 21.3. The molecular formula is C19H32N4O. The summed E-state index contributed by atoms with van der Waals surface area (Å²) >= 11 is 0. The van der Waals surface area contributed by atoms with Crippen molar-refractivity contribution < 1.29 is 4.74 Å². The molecule has 24 heavy (non-hydrogen) atoms. The van der Waals surface area contributed by atoms with Gasteiger partial charge in [0.1, 0.15) is 0 Å². The molecule has 1 fully saturated rings. The van der Waals surface area contributed by atoms with E-state index in [1.165, 1.54) is 11.1 Å². The van der Waals surface area contributed by atoms with Gasteiger partial charge in [-0.1, -0.05) is 24.3 Å². The Morgan fingerprint density at radius 2 is 2.00 bits per heavy atom. The first-order valence-electron chi connectivity index (χ1n) is 8.90. The summed E-state index contributed by atoms with van der Waals surface area (Å²) in [7, 11) is 4.18. The number of rotatable bonds is 7. The summed E-state index contributed by atoms with van der Waals surface area (Å²) in [5.74, 6) is 0.855. The molecule has 0 spiro atoms. The average Bonchev–Trinajstić information content (AvgIpc) is 2.98. The van der Waals surface area contributed by atoms with Gasteiger partial charge in [0, 0.05) is 26.2 Å². The van der Waals surface area contributed by atoms with E-state index in [0.29, 0.717) is 6.54 Å². The number of guanidine groups is 1. The zero-order valence-corrected chi connectivity index (χ0v) is 15.6. The van der Waals surface area contributed by atoms with E-state index in [0.717, 1.165) is 45.0 Å². The van der Waals surface area contributed by atoms with Crippen LogP contribution in [0.3, 0.4) is 0 Å². The van der Waals surface area contributed by atoms with E-state index in [1.54, 1.807) is 0 Å². The number of ether oxygens (including phenoxy) is 1. The van der Waals surface area contributed by atoms with Crippen molar-refractivity contribution >= 4 is 5.96 Å². The van der Waals surface area contributed by atoms with E-state index in [2.05, 4.69) is 67.7 Å². The summed E-state index contributed by atoms with van der Waals surface area (Å²) in [6.07, 6.45) is 2.24. The van der Waals surface area contributed by atoms with Gasteiger partial charge in [-0.2, -0.15) is 0 Å². The topological polar surface area (TPSA) is 48.9 Å². The van der Waals surface area contributed by atoms with Crippen LogP contribution in [-0.2, 0) is 17.8 Å². The highest BCUT2D eigenvalue weighted by Crippen LogP contribution is 2.23. The lowest BCUT2D eigenvalue weighted by molar-refractivity contribution is 0.0243. The smallest absolute Gasteiger partial charge is 0.191 e. The Bertz CT molecular complexity index is 536. The van der Waals surface area contributed by atoms with E-state index in [9.17, 15) is 0 Å². The van der Waals surface area contributed by atoms with Gasteiger partial charge in [-0.25, -0.2) is 4.99 Å². The predicted molar refractivity (Wildman–Crippen MR) is 100 cm³/mol. The SMILES string of the molecule is CCNC(=NCc1ccccc1CN(C)C)NCC1(C)CCCO1. The lowest BCUT2D eigenvalue weighted by Crippen LogP contribution is -2.45. The molecule has 0 amide bonds. The summed E-state index contributed by atoms with van der Waals surface area (Å²) in [6.45, 7) is 8.37. The molecule has 0 radical (unpaired) electrons. The second-order valence-corrected chi connectivity index (χ2v) is 6.96. The molecule has 0 aromatic heterocycles. The number of hydrogen-bond acceptors (Lipinski definition) is 3. The zero-order chi connectivity index (χ0) is 17.4. The maximum atomic E-state index is 5.84. The van der Waals surface area contributed by atoms with Crippen molar-refractivity contribution in [2.45, 2.75) is 45.4 Å². The highest BCUT2D eigenvalue weighted by molar-refractivity contribution is 5.79. The monoisotopic (exact) mass is 332 g/mol. The Labute approximate surface area is 146 Å². The third-order valence-corrected chi connectivity index (χ3v) is 4.29. The first-order valence-corrected chi connectivity index (χ1v) is 8.90. The van der Waals surface area contributed by atoms with E-state index >= 15 is 0 Å². The van der Waals surface area contributed by atoms with Gasteiger partial charge in [-0.15, -0.1) is 0 Å². The largest absolute Gasteiger partial charge is 0.373 e. The molecule has 1 aliphatic heterocycles. The van der Waals surface area contributed by atoms with Gasteiger partial charge in [0.2, 0.25) is 0 Å². The van der Waals surface area contributed by atoms with Crippen LogP contribution in [0.25, 0.3) is 0 Å². The molecule has 1 aliphatic rings. The van der Waals surface area contributed by atoms with Crippen LogP contribution in [0.1, 0.15) is 37.8 Å². The van der Waals surface area contributed by atoms with Crippen LogP contribution in [0.5, 0.6) is 0 Å². The molecule has 1 unspecified atom stereocenters. The first kappa shape index (κ1) is 18.7. The van der Waals surface area contributed by atoms with Crippen LogP contribution in [0.4, 0.5) is 0 Å². The van der Waals surface area contributed by atoms with Gasteiger partial charge in [0.25, 0.3) is 0 Å². The molecule has 0 bridgehead atoms. The van der Waals surface area contributed by atoms with Gasteiger partial charge in [0.05, 0.1) is 12.1 Å². The Hall–Kier alpha value is -1.59. The fourth-order valence-electron chi connectivity index (χ4n) is 2.96. The highest BCUT2D eigenvalue weighted by atomic mass is 16.5. The minimum atomic E-state index is -0.0704. The fourth-order valence-corrected chi connectivity index (χ4v) is 2.96. The van der Waals surface area contributed by atoms with E-state index in [4.69, 9.17) is 9.73 Å². The number of hydrogen-bond donors (Lipinski definition) is 2. The van der Waals surface area contributed by atoms with E-state index in [1.807, 2.05) is 0 Å². The van der Waals surface area contributed by atoms with Crippen molar-refractivity contribution in [2.75, 3.05) is 33.8 Å². The Morgan fingerprint density at radius 3 is 2.62 bits per heavy atom. The van der Waals surface area contributed by atoms with Gasteiger partial charge in [-0.05, 0) is 51.9 Å². The van der Waals surface area contributed by atoms with Crippen LogP contribution in [0, 0.1) is 0 Å². The Kier molecular flexibility index (Phi) is 7.06. The first-order chi connectivity index (χ1) is 11.5. The van der Waals surface area contributed by atoms with Crippen LogP contribution >= 0.6 is 0 Å². The van der Waals surface area contributed by atoms with Crippen molar-refractivity contribution in [3.63, 3.8) is 0 Å². The van der Waals surface area contributed by atoms with Gasteiger partial charge < -0.3 is 20.3 Å².